The number of aryl methyl sites for hydroxylation is 2. The highest BCUT2D eigenvalue weighted by Crippen LogP contribution is 2.20. The maximum Gasteiger partial charge on any atom is 0.338 e. The van der Waals surface area contributed by atoms with Gasteiger partial charge in [0, 0.05) is 13.5 Å². The summed E-state index contributed by atoms with van der Waals surface area (Å²) in [6, 6.07) is 3.94. The van der Waals surface area contributed by atoms with E-state index in [1.165, 1.54) is 0 Å². The molecule has 1 aromatic rings. The molecule has 0 saturated heterocycles. The molecule has 1 heterocycles. The first-order valence-corrected chi connectivity index (χ1v) is 9.49. The summed E-state index contributed by atoms with van der Waals surface area (Å²) in [6.45, 7) is 4.10. The van der Waals surface area contributed by atoms with Gasteiger partial charge in [-0.15, -0.1) is 0 Å². The molecule has 150 valence electrons. The first kappa shape index (κ1) is 21.4. The smallest absolute Gasteiger partial charge is 0.338 e. The van der Waals surface area contributed by atoms with Gasteiger partial charge in [0.2, 0.25) is 0 Å². The summed E-state index contributed by atoms with van der Waals surface area (Å²) in [5.41, 5.74) is 3.98. The number of carbonyl (C=O) groups is 2. The van der Waals surface area contributed by atoms with Gasteiger partial charge in [0.25, 0.3) is 5.91 Å². The summed E-state index contributed by atoms with van der Waals surface area (Å²) < 4.78 is 5.46. The quantitative estimate of drug-likeness (QED) is 0.492. The van der Waals surface area contributed by atoms with Crippen LogP contribution in [0.25, 0.3) is 0 Å². The van der Waals surface area contributed by atoms with Gasteiger partial charge in [0.1, 0.15) is 0 Å². The number of amides is 1. The highest BCUT2D eigenvalue weighted by atomic mass is 16.6. The number of rotatable bonds is 3. The van der Waals surface area contributed by atoms with Crippen molar-refractivity contribution in [2.75, 3.05) is 20.3 Å². The first-order valence-electron chi connectivity index (χ1n) is 9.49. The number of esters is 1. The number of ether oxygens (including phenoxy) is 1. The van der Waals surface area contributed by atoms with Gasteiger partial charge < -0.3 is 14.9 Å². The normalized spacial score (nSPS) is 19.1. The first-order chi connectivity index (χ1) is 13.5. The number of likely N-dealkylation sites (N-methyl/N-ethyl adjacent to an activating group) is 1. The predicted octanol–water partition coefficient (Wildman–Crippen LogP) is 3.42. The van der Waals surface area contributed by atoms with Crippen LogP contribution >= 0.6 is 0 Å². The van der Waals surface area contributed by atoms with Gasteiger partial charge in [-0.05, 0) is 50.3 Å². The fourth-order valence-electron chi connectivity index (χ4n) is 2.99. The minimum Gasteiger partial charge on any atom is -0.462 e. The van der Waals surface area contributed by atoms with Crippen molar-refractivity contribution in [2.45, 2.75) is 39.5 Å². The Labute approximate surface area is 166 Å². The van der Waals surface area contributed by atoms with Crippen molar-refractivity contribution in [3.05, 3.63) is 58.7 Å². The lowest BCUT2D eigenvalue weighted by atomic mass is 9.95. The third kappa shape index (κ3) is 6.68. The topological polar surface area (TPSA) is 77.0 Å². The van der Waals surface area contributed by atoms with Crippen molar-refractivity contribution in [2.24, 2.45) is 5.16 Å². The van der Waals surface area contributed by atoms with E-state index in [0.717, 1.165) is 29.5 Å². The molecule has 6 nitrogen and oxygen atoms in total. The van der Waals surface area contributed by atoms with Crippen molar-refractivity contribution in [1.82, 2.24) is 5.32 Å². The molecule has 6 heteroatoms. The van der Waals surface area contributed by atoms with Crippen LogP contribution in [0.2, 0.25) is 0 Å². The molecule has 1 aliphatic heterocycles. The van der Waals surface area contributed by atoms with Crippen LogP contribution in [0.4, 0.5) is 0 Å². The number of oxime groups is 1. The Morgan fingerprint density at radius 1 is 1.18 bits per heavy atom. The van der Waals surface area contributed by atoms with Crippen LogP contribution in [0.5, 0.6) is 0 Å². The molecule has 0 bridgehead atoms. The zero-order valence-electron chi connectivity index (χ0n) is 16.8. The number of hydrogen-bond donors (Lipinski definition) is 1. The van der Waals surface area contributed by atoms with Gasteiger partial charge >= 0.3 is 5.97 Å². The summed E-state index contributed by atoms with van der Waals surface area (Å²) in [6.07, 6.45) is 10.9. The van der Waals surface area contributed by atoms with Crippen molar-refractivity contribution in [3.63, 3.8) is 0 Å². The second kappa shape index (κ2) is 11.1. The number of nitrogens with one attached hydrogen (secondary N) is 1. The van der Waals surface area contributed by atoms with Gasteiger partial charge in [0.15, 0.2) is 6.61 Å². The van der Waals surface area contributed by atoms with Crippen LogP contribution < -0.4 is 5.32 Å². The molecule has 0 aromatic heterocycles. The van der Waals surface area contributed by atoms with Gasteiger partial charge in [-0.2, -0.15) is 0 Å². The summed E-state index contributed by atoms with van der Waals surface area (Å²) in [5, 5.41) is 6.61. The van der Waals surface area contributed by atoms with E-state index in [4.69, 9.17) is 9.57 Å². The third-order valence-electron chi connectivity index (χ3n) is 4.29. The van der Waals surface area contributed by atoms with Crippen LogP contribution in [0, 0.1) is 13.8 Å². The van der Waals surface area contributed by atoms with Crippen LogP contribution in [0.15, 0.2) is 41.6 Å². The Kier molecular flexibility index (Phi) is 8.46. The van der Waals surface area contributed by atoms with Gasteiger partial charge in [-0.1, -0.05) is 41.1 Å². The molecular formula is C22H28N2O4. The van der Waals surface area contributed by atoms with Crippen LogP contribution in [-0.2, 0) is 20.8 Å². The molecule has 0 spiro atoms. The van der Waals surface area contributed by atoms with Crippen molar-refractivity contribution < 1.29 is 19.2 Å². The van der Waals surface area contributed by atoms with Crippen molar-refractivity contribution >= 4 is 17.6 Å². The second-order valence-electron chi connectivity index (χ2n) is 6.70. The molecule has 2 rings (SSSR count). The fraction of sp³-hybridized carbons (Fsp3) is 0.409. The van der Waals surface area contributed by atoms with E-state index in [2.05, 4.69) is 16.5 Å². The van der Waals surface area contributed by atoms with Crippen LogP contribution in [-0.4, -0.2) is 37.8 Å². The van der Waals surface area contributed by atoms with E-state index in [9.17, 15) is 9.59 Å². The summed E-state index contributed by atoms with van der Waals surface area (Å²) in [4.78, 5) is 29.2. The Bertz CT molecular complexity index is 794. The summed E-state index contributed by atoms with van der Waals surface area (Å²) in [5.74, 6) is -0.581. The maximum absolute atomic E-state index is 12.7. The SMILES string of the molecule is CNC(=O)CO/N=C1/C=C/CC/C=C/CCOC(=O)c2c(C)cc(C)cc2C1. The largest absolute Gasteiger partial charge is 0.462 e. The van der Waals surface area contributed by atoms with E-state index in [1.807, 2.05) is 44.2 Å². The Morgan fingerprint density at radius 3 is 2.71 bits per heavy atom. The average Bonchev–Trinajstić information content (AvgIpc) is 2.65. The lowest BCUT2D eigenvalue weighted by molar-refractivity contribution is -0.125. The highest BCUT2D eigenvalue weighted by Gasteiger charge is 2.18. The van der Waals surface area contributed by atoms with E-state index >= 15 is 0 Å². The van der Waals surface area contributed by atoms with E-state index in [1.54, 1.807) is 7.05 Å². The number of carbonyl (C=O) groups excluding carboxylic acids is 2. The second-order valence-corrected chi connectivity index (χ2v) is 6.70. The zero-order chi connectivity index (χ0) is 20.4. The monoisotopic (exact) mass is 384 g/mol. The molecule has 1 aromatic carbocycles. The molecule has 1 amide bonds. The van der Waals surface area contributed by atoms with Gasteiger partial charge in [0.05, 0.1) is 17.9 Å². The van der Waals surface area contributed by atoms with Gasteiger partial charge in [-0.25, -0.2) is 4.79 Å². The predicted molar refractivity (Wildman–Crippen MR) is 109 cm³/mol. The highest BCUT2D eigenvalue weighted by molar-refractivity contribution is 5.99. The molecule has 1 N–H and O–H groups in total. The van der Waals surface area contributed by atoms with Crippen LogP contribution in [0.1, 0.15) is 46.3 Å². The van der Waals surface area contributed by atoms with E-state index < -0.39 is 0 Å². The molecule has 0 unspecified atom stereocenters. The van der Waals surface area contributed by atoms with Gasteiger partial charge in [-0.3, -0.25) is 4.79 Å². The molecule has 0 radical (unpaired) electrons. The standard InChI is InChI=1S/C22H28N2O4/c1-16-12-17(2)21-18(13-16)14-19(24-28-15-20(25)23-3)10-8-6-4-5-7-9-11-27-22(21)26/h5,7-8,10,12-13H,4,6,9,11,14-15H2,1-3H3,(H,23,25)/b7-5+,10-8+,24-19-. The Morgan fingerprint density at radius 2 is 1.93 bits per heavy atom. The number of hydrogen-bond acceptors (Lipinski definition) is 5. The molecule has 0 aliphatic carbocycles. The lowest BCUT2D eigenvalue weighted by Gasteiger charge is -2.14. The van der Waals surface area contributed by atoms with Crippen molar-refractivity contribution in [3.8, 4) is 0 Å². The number of nitrogens with zero attached hydrogens (tertiary/aromatic N) is 1. The minimum atomic E-state index is -0.326. The number of allylic oxidation sites excluding steroid dienone is 3. The number of cyclic esters (lactones) is 1. The fourth-order valence-corrected chi connectivity index (χ4v) is 2.99. The molecule has 28 heavy (non-hydrogen) atoms. The summed E-state index contributed by atoms with van der Waals surface area (Å²) >= 11 is 0. The Hall–Kier alpha value is -2.89. The maximum atomic E-state index is 12.7. The summed E-state index contributed by atoms with van der Waals surface area (Å²) in [7, 11) is 1.54. The molecule has 0 atom stereocenters. The third-order valence-corrected chi connectivity index (χ3v) is 4.29. The number of fused-ring (bicyclic) bond motifs is 1. The molecule has 0 saturated carbocycles. The Balaban J connectivity index is 2.36. The number of benzene rings is 1. The molecule has 1 aliphatic rings. The molecular weight excluding hydrogens is 356 g/mol. The zero-order valence-corrected chi connectivity index (χ0v) is 16.8. The molecule has 0 fully saturated rings. The van der Waals surface area contributed by atoms with E-state index in [0.29, 0.717) is 30.7 Å². The minimum absolute atomic E-state index is 0.154. The average molecular weight is 384 g/mol. The van der Waals surface area contributed by atoms with Crippen LogP contribution in [0.3, 0.4) is 0 Å². The van der Waals surface area contributed by atoms with E-state index in [-0.39, 0.29) is 18.5 Å². The lowest BCUT2D eigenvalue weighted by Crippen LogP contribution is -2.22. The van der Waals surface area contributed by atoms with Crippen molar-refractivity contribution in [1.29, 1.82) is 0 Å².